The van der Waals surface area contributed by atoms with Crippen molar-refractivity contribution in [3.05, 3.63) is 47.1 Å². The molecule has 6 nitrogen and oxygen atoms in total. The zero-order chi connectivity index (χ0) is 25.6. The van der Waals surface area contributed by atoms with E-state index in [2.05, 4.69) is 37.7 Å². The van der Waals surface area contributed by atoms with E-state index in [1.807, 2.05) is 39.8 Å². The summed E-state index contributed by atoms with van der Waals surface area (Å²) in [6.45, 7) is 18.5. The van der Waals surface area contributed by atoms with Crippen LogP contribution in [-0.2, 0) is 4.79 Å². The first-order chi connectivity index (χ1) is 15.6. The van der Waals surface area contributed by atoms with E-state index < -0.39 is 5.91 Å². The predicted molar refractivity (Wildman–Crippen MR) is 142 cm³/mol. The van der Waals surface area contributed by atoms with Crippen LogP contribution < -0.4 is 16.8 Å². The Kier molecular flexibility index (Phi) is 15.9. The summed E-state index contributed by atoms with van der Waals surface area (Å²) in [6.07, 6.45) is 10.4. The Hall–Kier alpha value is -1.73. The average Bonchev–Trinajstić information content (AvgIpc) is 2.79. The summed E-state index contributed by atoms with van der Waals surface area (Å²) in [5.41, 5.74) is 14.4. The molecule has 1 amide bonds. The molecule has 6 heteroatoms. The molecule has 33 heavy (non-hydrogen) atoms. The lowest BCUT2D eigenvalue weighted by atomic mass is 9.91. The first kappa shape index (κ1) is 31.3. The number of carbonyl (C=O) groups is 1. The lowest BCUT2D eigenvalue weighted by Crippen LogP contribution is -2.52. The third kappa shape index (κ3) is 11.3. The van der Waals surface area contributed by atoms with Crippen molar-refractivity contribution < 1.29 is 9.90 Å². The fraction of sp³-hybridized carbons (Fsp3) is 0.667. The molecule has 190 valence electrons. The number of aliphatic hydroxyl groups excluding tert-OH is 1. The number of rotatable bonds is 8. The molecule has 0 spiro atoms. The highest BCUT2D eigenvalue weighted by Crippen LogP contribution is 2.22. The van der Waals surface area contributed by atoms with Crippen molar-refractivity contribution in [1.29, 1.82) is 0 Å². The Morgan fingerprint density at radius 2 is 1.97 bits per heavy atom. The molecule has 0 aromatic carbocycles. The van der Waals surface area contributed by atoms with Crippen LogP contribution in [0.1, 0.15) is 67.2 Å². The van der Waals surface area contributed by atoms with Crippen LogP contribution in [-0.4, -0.2) is 60.8 Å². The van der Waals surface area contributed by atoms with Gasteiger partial charge < -0.3 is 26.8 Å². The number of piperidine rings is 1. The maximum Gasteiger partial charge on any atom is 0.248 e. The van der Waals surface area contributed by atoms with E-state index in [4.69, 9.17) is 11.5 Å². The molecule has 1 saturated heterocycles. The van der Waals surface area contributed by atoms with Crippen LogP contribution >= 0.6 is 0 Å². The first-order valence-electron chi connectivity index (χ1n) is 12.5. The van der Waals surface area contributed by atoms with E-state index in [0.717, 1.165) is 29.8 Å². The minimum absolute atomic E-state index is 0.190. The molecule has 1 fully saturated rings. The summed E-state index contributed by atoms with van der Waals surface area (Å²) in [6, 6.07) is 0.954. The largest absolute Gasteiger partial charge is 0.396 e. The fourth-order valence-electron chi connectivity index (χ4n) is 4.04. The van der Waals surface area contributed by atoms with Gasteiger partial charge in [0.1, 0.15) is 0 Å². The second-order valence-electron chi connectivity index (χ2n) is 8.90. The minimum Gasteiger partial charge on any atom is -0.396 e. The minimum atomic E-state index is -0.521. The number of hydrogen-bond acceptors (Lipinski definition) is 5. The lowest BCUT2D eigenvalue weighted by molar-refractivity contribution is -0.114. The van der Waals surface area contributed by atoms with Gasteiger partial charge in [-0.3, -0.25) is 4.79 Å². The third-order valence-corrected chi connectivity index (χ3v) is 6.23. The van der Waals surface area contributed by atoms with Gasteiger partial charge in [0, 0.05) is 42.8 Å². The van der Waals surface area contributed by atoms with Crippen LogP contribution in [0.25, 0.3) is 0 Å². The SMILES string of the molecule is C=C(/C=C1/C=C(C)C(C)=CC1N)C(N)=O.CC.CCCC(CC)NC1CCN(C)CC1CO. The van der Waals surface area contributed by atoms with Crippen LogP contribution in [0.4, 0.5) is 0 Å². The van der Waals surface area contributed by atoms with Crippen molar-refractivity contribution in [2.75, 3.05) is 26.7 Å². The van der Waals surface area contributed by atoms with E-state index in [9.17, 15) is 9.90 Å². The topological polar surface area (TPSA) is 105 Å². The Morgan fingerprint density at radius 1 is 1.33 bits per heavy atom. The summed E-state index contributed by atoms with van der Waals surface area (Å²) in [5, 5.41) is 13.2. The maximum atomic E-state index is 10.8. The molecule has 2 aliphatic rings. The quantitative estimate of drug-likeness (QED) is 0.412. The van der Waals surface area contributed by atoms with E-state index in [0.29, 0.717) is 24.6 Å². The fourth-order valence-corrected chi connectivity index (χ4v) is 4.04. The zero-order valence-electron chi connectivity index (χ0n) is 22.2. The van der Waals surface area contributed by atoms with Gasteiger partial charge in [-0.15, -0.1) is 0 Å². The number of nitrogens with zero attached hydrogens (tertiary/aromatic N) is 1. The molecule has 6 N–H and O–H groups in total. The molecule has 0 aromatic heterocycles. The van der Waals surface area contributed by atoms with Gasteiger partial charge in [-0.05, 0) is 63.9 Å². The number of hydrogen-bond donors (Lipinski definition) is 4. The number of primary amides is 1. The van der Waals surface area contributed by atoms with Crippen LogP contribution in [0.3, 0.4) is 0 Å². The molecular formula is C27H50N4O2. The molecule has 0 bridgehead atoms. The van der Waals surface area contributed by atoms with Crippen LogP contribution in [0.15, 0.2) is 47.1 Å². The van der Waals surface area contributed by atoms with Crippen molar-refractivity contribution in [2.45, 2.75) is 85.4 Å². The van der Waals surface area contributed by atoms with Gasteiger partial charge in [-0.25, -0.2) is 0 Å². The van der Waals surface area contributed by atoms with E-state index in [-0.39, 0.29) is 11.6 Å². The van der Waals surface area contributed by atoms with Crippen molar-refractivity contribution in [3.63, 3.8) is 0 Å². The van der Waals surface area contributed by atoms with Gasteiger partial charge >= 0.3 is 0 Å². The summed E-state index contributed by atoms with van der Waals surface area (Å²) in [7, 11) is 2.14. The van der Waals surface area contributed by atoms with Gasteiger partial charge in [0.15, 0.2) is 0 Å². The molecule has 1 aliphatic carbocycles. The van der Waals surface area contributed by atoms with Crippen molar-refractivity contribution >= 4 is 5.91 Å². The molecule has 1 heterocycles. The van der Waals surface area contributed by atoms with Crippen LogP contribution in [0, 0.1) is 5.92 Å². The number of nitrogens with one attached hydrogen (secondary N) is 1. The molecular weight excluding hydrogens is 412 g/mol. The third-order valence-electron chi connectivity index (χ3n) is 6.23. The number of aliphatic hydroxyl groups is 1. The maximum absolute atomic E-state index is 10.8. The van der Waals surface area contributed by atoms with Crippen molar-refractivity contribution in [1.82, 2.24) is 10.2 Å². The summed E-state index contributed by atoms with van der Waals surface area (Å²) in [5.74, 6) is -0.114. The zero-order valence-corrected chi connectivity index (χ0v) is 22.2. The number of amides is 1. The predicted octanol–water partition coefficient (Wildman–Crippen LogP) is 3.68. The van der Waals surface area contributed by atoms with Crippen LogP contribution in [0.5, 0.6) is 0 Å². The summed E-state index contributed by atoms with van der Waals surface area (Å²) < 4.78 is 0. The summed E-state index contributed by atoms with van der Waals surface area (Å²) in [4.78, 5) is 13.1. The molecule has 2 rings (SSSR count). The van der Waals surface area contributed by atoms with Crippen molar-refractivity contribution in [2.24, 2.45) is 17.4 Å². The van der Waals surface area contributed by atoms with Gasteiger partial charge in [0.2, 0.25) is 5.91 Å². The smallest absolute Gasteiger partial charge is 0.248 e. The number of allylic oxidation sites excluding steroid dienone is 2. The van der Waals surface area contributed by atoms with Gasteiger partial charge in [0.05, 0.1) is 0 Å². The second kappa shape index (κ2) is 16.8. The summed E-state index contributed by atoms with van der Waals surface area (Å²) >= 11 is 0. The van der Waals surface area contributed by atoms with Gasteiger partial charge in [0.25, 0.3) is 0 Å². The van der Waals surface area contributed by atoms with E-state index >= 15 is 0 Å². The first-order valence-corrected chi connectivity index (χ1v) is 12.5. The average molecular weight is 463 g/mol. The molecule has 0 radical (unpaired) electrons. The van der Waals surface area contributed by atoms with E-state index in [1.165, 1.54) is 25.7 Å². The number of likely N-dealkylation sites (tertiary alicyclic amines) is 1. The molecule has 1 aliphatic heterocycles. The standard InChI is InChI=1S/C13H28N2O.C12H16N2O.C2H6/c1-4-6-12(5-2)14-13-7-8-15(3)9-11(13)10-16;1-7-4-10(5-9(3)12(14)15)11(13)6-8(7)2;1-2/h11-14,16H,4-10H2,1-3H3;4-6,11H,3,13H2,1-2H3,(H2,14,15);1-2H3/b;10-5-;. The molecule has 4 atom stereocenters. The molecule has 4 unspecified atom stereocenters. The number of carbonyl (C=O) groups excluding carboxylic acids is 1. The highest BCUT2D eigenvalue weighted by Gasteiger charge is 2.28. The van der Waals surface area contributed by atoms with Crippen LogP contribution in [0.2, 0.25) is 0 Å². The lowest BCUT2D eigenvalue weighted by Gasteiger charge is -2.38. The Balaban J connectivity index is 0.000000578. The Labute approximate surface area is 202 Å². The molecule has 0 saturated carbocycles. The van der Waals surface area contributed by atoms with E-state index in [1.54, 1.807) is 6.08 Å². The Morgan fingerprint density at radius 3 is 2.48 bits per heavy atom. The highest BCUT2D eigenvalue weighted by atomic mass is 16.3. The Bertz CT molecular complexity index is 696. The molecule has 0 aromatic rings. The normalized spacial score (nSPS) is 25.0. The number of nitrogens with two attached hydrogens (primary N) is 2. The highest BCUT2D eigenvalue weighted by molar-refractivity contribution is 5.94. The van der Waals surface area contributed by atoms with Gasteiger partial charge in [-0.1, -0.05) is 58.4 Å². The van der Waals surface area contributed by atoms with Gasteiger partial charge in [-0.2, -0.15) is 0 Å². The second-order valence-corrected chi connectivity index (χ2v) is 8.90. The monoisotopic (exact) mass is 462 g/mol. The van der Waals surface area contributed by atoms with Crippen molar-refractivity contribution in [3.8, 4) is 0 Å².